The Balaban J connectivity index is 2.40. The van der Waals surface area contributed by atoms with Gasteiger partial charge < -0.3 is 10.0 Å². The lowest BCUT2D eigenvalue weighted by Gasteiger charge is -2.30. The van der Waals surface area contributed by atoms with Crippen molar-refractivity contribution >= 4 is 11.9 Å². The Morgan fingerprint density at radius 2 is 1.76 bits per heavy atom. The third-order valence-electron chi connectivity index (χ3n) is 4.10. The zero-order valence-corrected chi connectivity index (χ0v) is 12.2. The summed E-state index contributed by atoms with van der Waals surface area (Å²) in [5.41, 5.74) is 0. The topological polar surface area (TPSA) is 57.6 Å². The molecule has 1 aliphatic rings. The molecule has 0 saturated heterocycles. The number of nitrogens with zero attached hydrogens (tertiary/aromatic N) is 1. The molecule has 0 aromatic rings. The van der Waals surface area contributed by atoms with Gasteiger partial charge in [-0.15, -0.1) is 0 Å². The van der Waals surface area contributed by atoms with Crippen molar-refractivity contribution in [3.63, 3.8) is 0 Å². The number of halogens is 3. The molecule has 1 saturated carbocycles. The molecule has 1 aliphatic carbocycles. The van der Waals surface area contributed by atoms with Crippen LogP contribution in [-0.2, 0) is 9.59 Å². The molecule has 0 atom stereocenters. The Morgan fingerprint density at radius 3 is 2.19 bits per heavy atom. The highest BCUT2D eigenvalue weighted by Gasteiger charge is 2.41. The maximum absolute atomic E-state index is 12.6. The fourth-order valence-electron chi connectivity index (χ4n) is 2.76. The standard InChI is InChI=1S/C14H22F3NO3/c1-2-18(8-7-13(20)21)12(19)9-10-3-5-11(6-4-10)14(15,16)17/h10-11H,2-9H2,1H3,(H,20,21). The molecule has 0 heterocycles. The van der Waals surface area contributed by atoms with E-state index >= 15 is 0 Å². The quantitative estimate of drug-likeness (QED) is 0.820. The van der Waals surface area contributed by atoms with Gasteiger partial charge in [-0.25, -0.2) is 0 Å². The van der Waals surface area contributed by atoms with Crippen LogP contribution in [0.4, 0.5) is 13.2 Å². The molecule has 21 heavy (non-hydrogen) atoms. The third kappa shape index (κ3) is 5.93. The minimum Gasteiger partial charge on any atom is -0.481 e. The SMILES string of the molecule is CCN(CCC(=O)O)C(=O)CC1CCC(C(F)(F)F)CC1. The molecule has 0 unspecified atom stereocenters. The highest BCUT2D eigenvalue weighted by molar-refractivity contribution is 5.77. The van der Waals surface area contributed by atoms with Crippen molar-refractivity contribution in [1.82, 2.24) is 4.90 Å². The van der Waals surface area contributed by atoms with E-state index < -0.39 is 18.1 Å². The number of aliphatic carboxylic acids is 1. The molecule has 1 rings (SSSR count). The van der Waals surface area contributed by atoms with Crippen LogP contribution in [0.25, 0.3) is 0 Å². The summed E-state index contributed by atoms with van der Waals surface area (Å²) >= 11 is 0. The van der Waals surface area contributed by atoms with Gasteiger partial charge in [0.1, 0.15) is 0 Å². The first-order valence-corrected chi connectivity index (χ1v) is 7.30. The van der Waals surface area contributed by atoms with Crippen molar-refractivity contribution in [2.45, 2.75) is 51.6 Å². The predicted octanol–water partition coefficient (Wildman–Crippen LogP) is 3.07. The predicted molar refractivity (Wildman–Crippen MR) is 70.6 cm³/mol. The van der Waals surface area contributed by atoms with Crippen molar-refractivity contribution in [2.75, 3.05) is 13.1 Å². The number of hydrogen-bond acceptors (Lipinski definition) is 2. The van der Waals surface area contributed by atoms with Gasteiger partial charge in [0, 0.05) is 19.5 Å². The van der Waals surface area contributed by atoms with Crippen LogP contribution in [-0.4, -0.2) is 41.1 Å². The molecule has 0 bridgehead atoms. The minimum absolute atomic E-state index is 0.0185. The van der Waals surface area contributed by atoms with Gasteiger partial charge in [-0.3, -0.25) is 9.59 Å². The van der Waals surface area contributed by atoms with E-state index in [9.17, 15) is 22.8 Å². The van der Waals surface area contributed by atoms with Crippen LogP contribution in [0.2, 0.25) is 0 Å². The van der Waals surface area contributed by atoms with Crippen molar-refractivity contribution in [3.8, 4) is 0 Å². The van der Waals surface area contributed by atoms with E-state index in [1.54, 1.807) is 6.92 Å². The fourth-order valence-corrected chi connectivity index (χ4v) is 2.76. The van der Waals surface area contributed by atoms with E-state index in [0.29, 0.717) is 19.4 Å². The van der Waals surface area contributed by atoms with E-state index in [-0.39, 0.29) is 44.1 Å². The summed E-state index contributed by atoms with van der Waals surface area (Å²) in [5.74, 6) is -2.38. The van der Waals surface area contributed by atoms with Gasteiger partial charge in [-0.2, -0.15) is 13.2 Å². The minimum atomic E-state index is -4.13. The van der Waals surface area contributed by atoms with Crippen LogP contribution in [0.3, 0.4) is 0 Å². The molecule has 1 N–H and O–H groups in total. The van der Waals surface area contributed by atoms with Gasteiger partial charge in [0.2, 0.25) is 5.91 Å². The van der Waals surface area contributed by atoms with Gasteiger partial charge in [0.25, 0.3) is 0 Å². The molecule has 0 radical (unpaired) electrons. The fraction of sp³-hybridized carbons (Fsp3) is 0.857. The maximum atomic E-state index is 12.6. The molecular weight excluding hydrogens is 287 g/mol. The first-order valence-electron chi connectivity index (χ1n) is 7.30. The number of carboxylic acid groups (broad SMARTS) is 1. The summed E-state index contributed by atoms with van der Waals surface area (Å²) in [5, 5.41) is 8.62. The summed E-state index contributed by atoms with van der Waals surface area (Å²) in [4.78, 5) is 24.0. The zero-order chi connectivity index (χ0) is 16.0. The summed E-state index contributed by atoms with van der Waals surface area (Å²) in [7, 11) is 0. The molecule has 0 aliphatic heterocycles. The Hall–Kier alpha value is -1.27. The lowest BCUT2D eigenvalue weighted by molar-refractivity contribution is -0.184. The average Bonchev–Trinajstić information content (AvgIpc) is 2.38. The summed E-state index contributed by atoms with van der Waals surface area (Å²) in [6.07, 6.45) is -3.03. The van der Waals surface area contributed by atoms with Gasteiger partial charge in [0.05, 0.1) is 12.3 Å². The molecule has 1 fully saturated rings. The van der Waals surface area contributed by atoms with Crippen molar-refractivity contribution < 1.29 is 27.9 Å². The normalized spacial score (nSPS) is 22.9. The average molecular weight is 309 g/mol. The Morgan fingerprint density at radius 1 is 1.19 bits per heavy atom. The number of carbonyl (C=O) groups excluding carboxylic acids is 1. The second kappa shape index (κ2) is 7.66. The smallest absolute Gasteiger partial charge is 0.391 e. The molecule has 7 heteroatoms. The van der Waals surface area contributed by atoms with Crippen molar-refractivity contribution in [1.29, 1.82) is 0 Å². The maximum Gasteiger partial charge on any atom is 0.391 e. The van der Waals surface area contributed by atoms with E-state index in [4.69, 9.17) is 5.11 Å². The number of rotatable bonds is 6. The summed E-state index contributed by atoms with van der Waals surface area (Å²) in [6.45, 7) is 2.34. The van der Waals surface area contributed by atoms with E-state index in [2.05, 4.69) is 0 Å². The number of carboxylic acids is 1. The van der Waals surface area contributed by atoms with Gasteiger partial charge in [0.15, 0.2) is 0 Å². The first-order chi connectivity index (χ1) is 9.74. The van der Waals surface area contributed by atoms with Crippen LogP contribution in [0.15, 0.2) is 0 Å². The lowest BCUT2D eigenvalue weighted by Crippen LogP contribution is -2.35. The Bertz CT molecular complexity index is 363. The van der Waals surface area contributed by atoms with Gasteiger partial charge in [-0.1, -0.05) is 0 Å². The summed E-state index contributed by atoms with van der Waals surface area (Å²) < 4.78 is 37.7. The largest absolute Gasteiger partial charge is 0.481 e. The van der Waals surface area contributed by atoms with E-state index in [1.807, 2.05) is 0 Å². The Kier molecular flexibility index (Phi) is 6.48. The molecule has 0 spiro atoms. The summed E-state index contributed by atoms with van der Waals surface area (Å²) in [6, 6.07) is 0. The Labute approximate surface area is 122 Å². The van der Waals surface area contributed by atoms with Crippen molar-refractivity contribution in [2.24, 2.45) is 11.8 Å². The van der Waals surface area contributed by atoms with E-state index in [1.165, 1.54) is 4.90 Å². The molecule has 4 nitrogen and oxygen atoms in total. The third-order valence-corrected chi connectivity index (χ3v) is 4.10. The van der Waals surface area contributed by atoms with Crippen LogP contribution in [0.5, 0.6) is 0 Å². The molecule has 0 aromatic heterocycles. The second-order valence-corrected chi connectivity index (χ2v) is 5.58. The van der Waals surface area contributed by atoms with Crippen LogP contribution in [0.1, 0.15) is 45.4 Å². The first kappa shape index (κ1) is 17.8. The number of carbonyl (C=O) groups is 2. The number of hydrogen-bond donors (Lipinski definition) is 1. The molecule has 0 aromatic carbocycles. The van der Waals surface area contributed by atoms with Gasteiger partial charge in [-0.05, 0) is 38.5 Å². The molecule has 122 valence electrons. The van der Waals surface area contributed by atoms with Crippen LogP contribution < -0.4 is 0 Å². The van der Waals surface area contributed by atoms with Crippen LogP contribution >= 0.6 is 0 Å². The molecular formula is C14H22F3NO3. The van der Waals surface area contributed by atoms with Crippen molar-refractivity contribution in [3.05, 3.63) is 0 Å². The monoisotopic (exact) mass is 309 g/mol. The highest BCUT2D eigenvalue weighted by Crippen LogP contribution is 2.40. The van der Waals surface area contributed by atoms with Crippen LogP contribution in [0, 0.1) is 11.8 Å². The lowest BCUT2D eigenvalue weighted by atomic mass is 9.80. The zero-order valence-electron chi connectivity index (χ0n) is 12.2. The number of amides is 1. The highest BCUT2D eigenvalue weighted by atomic mass is 19.4. The van der Waals surface area contributed by atoms with Gasteiger partial charge >= 0.3 is 12.1 Å². The second-order valence-electron chi connectivity index (χ2n) is 5.58. The number of alkyl halides is 3. The van der Waals surface area contributed by atoms with E-state index in [0.717, 1.165) is 0 Å². The molecule has 1 amide bonds.